The molecule has 5 nitrogen and oxygen atoms in total. The van der Waals surface area contributed by atoms with Crippen molar-refractivity contribution in [3.8, 4) is 0 Å². The minimum Gasteiger partial charge on any atom is -0.369 e. The maximum absolute atomic E-state index is 13.1. The number of piperazine rings is 1. The van der Waals surface area contributed by atoms with Crippen molar-refractivity contribution in [2.24, 2.45) is 0 Å². The zero-order valence-corrected chi connectivity index (χ0v) is 16.7. The minimum atomic E-state index is -0.213. The summed E-state index contributed by atoms with van der Waals surface area (Å²) in [5.74, 6) is -0.304. The van der Waals surface area contributed by atoms with Crippen LogP contribution in [0.2, 0.25) is 5.15 Å². The summed E-state index contributed by atoms with van der Waals surface area (Å²) in [5, 5.41) is 4.32. The molecule has 4 rings (SSSR count). The Kier molecular flexibility index (Phi) is 5.92. The summed E-state index contributed by atoms with van der Waals surface area (Å²) < 4.78 is 13.1. The fourth-order valence-electron chi connectivity index (χ4n) is 3.55. The first kappa shape index (κ1) is 19.6. The van der Waals surface area contributed by atoms with Crippen LogP contribution in [0.1, 0.15) is 10.4 Å². The molecule has 0 spiro atoms. The molecule has 1 aliphatic heterocycles. The predicted octanol–water partition coefficient (Wildman–Crippen LogP) is 3.58. The van der Waals surface area contributed by atoms with E-state index in [0.717, 1.165) is 49.3 Å². The number of aromatic nitrogens is 1. The van der Waals surface area contributed by atoms with Gasteiger partial charge in [0.25, 0.3) is 5.91 Å². The van der Waals surface area contributed by atoms with Crippen molar-refractivity contribution in [3.63, 3.8) is 0 Å². The number of halogens is 2. The summed E-state index contributed by atoms with van der Waals surface area (Å²) in [6, 6.07) is 15.6. The van der Waals surface area contributed by atoms with E-state index >= 15 is 0 Å². The topological polar surface area (TPSA) is 48.5 Å². The lowest BCUT2D eigenvalue weighted by Gasteiger charge is -2.36. The van der Waals surface area contributed by atoms with Gasteiger partial charge in [-0.25, -0.2) is 9.37 Å². The molecule has 2 heterocycles. The fourth-order valence-corrected chi connectivity index (χ4v) is 3.71. The van der Waals surface area contributed by atoms with Gasteiger partial charge in [0.2, 0.25) is 0 Å². The molecule has 0 unspecified atom stereocenters. The van der Waals surface area contributed by atoms with Gasteiger partial charge in [0.05, 0.1) is 5.52 Å². The minimum absolute atomic E-state index is 0.0909. The predicted molar refractivity (Wildman–Crippen MR) is 114 cm³/mol. The number of fused-ring (bicyclic) bond motifs is 1. The zero-order valence-electron chi connectivity index (χ0n) is 15.9. The van der Waals surface area contributed by atoms with Crippen LogP contribution in [0.3, 0.4) is 0 Å². The first-order valence-electron chi connectivity index (χ1n) is 9.66. The fraction of sp³-hybridized carbons (Fsp3) is 0.273. The van der Waals surface area contributed by atoms with Gasteiger partial charge in [-0.15, -0.1) is 0 Å². The van der Waals surface area contributed by atoms with Crippen molar-refractivity contribution < 1.29 is 9.18 Å². The third-order valence-corrected chi connectivity index (χ3v) is 5.41. The van der Waals surface area contributed by atoms with Crippen molar-refractivity contribution in [3.05, 3.63) is 71.1 Å². The molecule has 0 radical (unpaired) electrons. The highest BCUT2D eigenvalue weighted by atomic mass is 35.5. The summed E-state index contributed by atoms with van der Waals surface area (Å²) in [6.45, 7) is 4.99. The Morgan fingerprint density at radius 2 is 1.79 bits per heavy atom. The molecule has 3 aromatic rings. The van der Waals surface area contributed by atoms with E-state index in [2.05, 4.69) is 20.1 Å². The van der Waals surface area contributed by atoms with Gasteiger partial charge in [0, 0.05) is 55.9 Å². The summed E-state index contributed by atoms with van der Waals surface area (Å²) in [7, 11) is 0. The molecule has 0 bridgehead atoms. The molecule has 150 valence electrons. The van der Waals surface area contributed by atoms with Crippen LogP contribution in [0.15, 0.2) is 54.6 Å². The number of hydrogen-bond acceptors (Lipinski definition) is 4. The number of carbonyl (C=O) groups excluding carboxylic acids is 1. The van der Waals surface area contributed by atoms with Gasteiger partial charge in [0.1, 0.15) is 11.0 Å². The number of hydrogen-bond donors (Lipinski definition) is 1. The number of nitrogens with one attached hydrogen (secondary N) is 1. The van der Waals surface area contributed by atoms with Gasteiger partial charge in [0.15, 0.2) is 0 Å². The highest BCUT2D eigenvalue weighted by molar-refractivity contribution is 6.29. The Bertz CT molecular complexity index is 1000. The smallest absolute Gasteiger partial charge is 0.251 e. The second-order valence-electron chi connectivity index (χ2n) is 7.10. The molecule has 1 aliphatic rings. The second-order valence-corrected chi connectivity index (χ2v) is 7.49. The van der Waals surface area contributed by atoms with E-state index in [-0.39, 0.29) is 11.7 Å². The summed E-state index contributed by atoms with van der Waals surface area (Å²) in [6.07, 6.45) is 0. The molecule has 0 saturated carbocycles. The van der Waals surface area contributed by atoms with Gasteiger partial charge in [-0.3, -0.25) is 9.69 Å². The molecule has 1 saturated heterocycles. The molecular formula is C22H22ClFN4O. The van der Waals surface area contributed by atoms with Crippen LogP contribution in [-0.2, 0) is 0 Å². The van der Waals surface area contributed by atoms with E-state index < -0.39 is 0 Å². The van der Waals surface area contributed by atoms with Crippen LogP contribution in [0, 0.1) is 5.82 Å². The normalized spacial score (nSPS) is 14.9. The number of rotatable bonds is 5. The van der Waals surface area contributed by atoms with E-state index in [1.54, 1.807) is 12.1 Å². The maximum Gasteiger partial charge on any atom is 0.251 e. The molecule has 7 heteroatoms. The molecule has 1 amide bonds. The van der Waals surface area contributed by atoms with E-state index in [4.69, 9.17) is 11.6 Å². The molecule has 1 fully saturated rings. The first-order valence-corrected chi connectivity index (χ1v) is 10.0. The quantitative estimate of drug-likeness (QED) is 0.651. The summed E-state index contributed by atoms with van der Waals surface area (Å²) >= 11 is 5.90. The van der Waals surface area contributed by atoms with E-state index in [1.165, 1.54) is 12.1 Å². The number of amides is 1. The zero-order chi connectivity index (χ0) is 20.2. The van der Waals surface area contributed by atoms with Gasteiger partial charge >= 0.3 is 0 Å². The van der Waals surface area contributed by atoms with E-state index in [1.807, 2.05) is 30.3 Å². The Morgan fingerprint density at radius 3 is 2.55 bits per heavy atom. The molecule has 0 atom stereocenters. The molecular weight excluding hydrogens is 391 g/mol. The van der Waals surface area contributed by atoms with Gasteiger partial charge in [-0.2, -0.15) is 0 Å². The molecule has 29 heavy (non-hydrogen) atoms. The lowest BCUT2D eigenvalue weighted by atomic mass is 10.1. The van der Waals surface area contributed by atoms with Crippen LogP contribution < -0.4 is 10.2 Å². The number of benzene rings is 2. The SMILES string of the molecule is O=C(NCCN1CCN(c2ccc(F)cc2)CC1)c1ccc2nc(Cl)ccc2c1. The second kappa shape index (κ2) is 8.76. The van der Waals surface area contributed by atoms with Crippen LogP contribution in [-0.4, -0.2) is 55.1 Å². The monoisotopic (exact) mass is 412 g/mol. The number of pyridine rings is 1. The van der Waals surface area contributed by atoms with Crippen molar-refractivity contribution in [1.29, 1.82) is 0 Å². The molecule has 1 N–H and O–H groups in total. The number of nitrogens with zero attached hydrogens (tertiary/aromatic N) is 3. The third kappa shape index (κ3) is 4.83. The standard InChI is InChI=1S/C22H22ClFN4O/c23-21-8-2-16-15-17(1-7-20(16)26-21)22(29)25-9-10-27-11-13-28(14-12-27)19-5-3-18(24)4-6-19/h1-8,15H,9-14H2,(H,25,29). The van der Waals surface area contributed by atoms with Crippen LogP contribution >= 0.6 is 11.6 Å². The van der Waals surface area contributed by atoms with Crippen molar-refractivity contribution in [1.82, 2.24) is 15.2 Å². The largest absolute Gasteiger partial charge is 0.369 e. The van der Waals surface area contributed by atoms with Crippen LogP contribution in [0.5, 0.6) is 0 Å². The highest BCUT2D eigenvalue weighted by Crippen LogP contribution is 2.18. The average Bonchev–Trinajstić information content (AvgIpc) is 2.74. The van der Waals surface area contributed by atoms with Crippen molar-refractivity contribution >= 4 is 34.1 Å². The number of anilines is 1. The summed E-state index contributed by atoms with van der Waals surface area (Å²) in [4.78, 5) is 21.3. The summed E-state index contributed by atoms with van der Waals surface area (Å²) in [5.41, 5.74) is 2.43. The lowest BCUT2D eigenvalue weighted by molar-refractivity contribution is 0.0948. The lowest BCUT2D eigenvalue weighted by Crippen LogP contribution is -2.48. The van der Waals surface area contributed by atoms with Crippen LogP contribution in [0.25, 0.3) is 10.9 Å². The van der Waals surface area contributed by atoms with Crippen LogP contribution in [0.4, 0.5) is 10.1 Å². The third-order valence-electron chi connectivity index (χ3n) is 5.20. The first-order chi connectivity index (χ1) is 14.1. The van der Waals surface area contributed by atoms with E-state index in [0.29, 0.717) is 17.3 Å². The molecule has 1 aromatic heterocycles. The average molecular weight is 413 g/mol. The van der Waals surface area contributed by atoms with Gasteiger partial charge in [-0.05, 0) is 54.6 Å². The van der Waals surface area contributed by atoms with Gasteiger partial charge in [-0.1, -0.05) is 11.6 Å². The Hall–Kier alpha value is -2.70. The Labute approximate surface area is 174 Å². The van der Waals surface area contributed by atoms with Crippen molar-refractivity contribution in [2.75, 3.05) is 44.2 Å². The molecule has 0 aliphatic carbocycles. The molecule has 2 aromatic carbocycles. The van der Waals surface area contributed by atoms with E-state index in [9.17, 15) is 9.18 Å². The van der Waals surface area contributed by atoms with Gasteiger partial charge < -0.3 is 10.2 Å². The Morgan fingerprint density at radius 1 is 1.03 bits per heavy atom. The highest BCUT2D eigenvalue weighted by Gasteiger charge is 2.17. The maximum atomic E-state index is 13.1. The Balaban J connectivity index is 1.25. The number of carbonyl (C=O) groups is 1. The van der Waals surface area contributed by atoms with Crippen molar-refractivity contribution in [2.45, 2.75) is 0 Å².